The third-order valence-corrected chi connectivity index (χ3v) is 8.32. The van der Waals surface area contributed by atoms with E-state index in [1.165, 1.54) is 32.1 Å². The Bertz CT molecular complexity index is 502. The van der Waals surface area contributed by atoms with E-state index >= 15 is 0 Å². The number of allylic oxidation sites excluding steroid dienone is 1. The molecule has 4 rings (SSSR count). The van der Waals surface area contributed by atoms with Crippen molar-refractivity contribution in [2.75, 3.05) is 6.61 Å². The van der Waals surface area contributed by atoms with Crippen LogP contribution in [-0.2, 0) is 4.74 Å². The zero-order chi connectivity index (χ0) is 15.8. The third-order valence-electron chi connectivity index (χ3n) is 8.32. The van der Waals surface area contributed by atoms with Gasteiger partial charge in [-0.05, 0) is 66.6 Å². The van der Waals surface area contributed by atoms with E-state index < -0.39 is 0 Å². The summed E-state index contributed by atoms with van der Waals surface area (Å²) in [5.41, 5.74) is 0.846. The van der Waals surface area contributed by atoms with Crippen LogP contribution >= 0.6 is 0 Å². The lowest BCUT2D eigenvalue weighted by Crippen LogP contribution is -2.58. The van der Waals surface area contributed by atoms with E-state index in [0.717, 1.165) is 12.8 Å². The molecule has 7 atom stereocenters. The molecule has 124 valence electrons. The molecule has 4 fully saturated rings. The van der Waals surface area contributed by atoms with Crippen molar-refractivity contribution in [1.29, 1.82) is 0 Å². The van der Waals surface area contributed by atoms with E-state index in [0.29, 0.717) is 30.0 Å². The Balaban J connectivity index is 1.70. The van der Waals surface area contributed by atoms with Gasteiger partial charge in [0.1, 0.15) is 0 Å². The number of hydrogen-bond donors (Lipinski definition) is 1. The molecule has 1 unspecified atom stereocenters. The number of epoxide rings is 1. The fraction of sp³-hybridized carbons (Fsp3) is 0.900. The van der Waals surface area contributed by atoms with Crippen LogP contribution in [0.3, 0.4) is 0 Å². The molecule has 2 nitrogen and oxygen atoms in total. The molecule has 1 saturated heterocycles. The molecule has 0 aromatic carbocycles. The first-order valence-electron chi connectivity index (χ1n) is 9.24. The summed E-state index contributed by atoms with van der Waals surface area (Å²) >= 11 is 0. The largest absolute Gasteiger partial charge is 0.396 e. The van der Waals surface area contributed by atoms with Crippen LogP contribution < -0.4 is 0 Å². The van der Waals surface area contributed by atoms with Gasteiger partial charge < -0.3 is 9.84 Å². The van der Waals surface area contributed by atoms with Gasteiger partial charge in [-0.2, -0.15) is 0 Å². The Hall–Kier alpha value is -0.340. The summed E-state index contributed by atoms with van der Waals surface area (Å²) in [6.45, 7) is 11.6. The van der Waals surface area contributed by atoms with E-state index in [-0.39, 0.29) is 16.4 Å². The van der Waals surface area contributed by atoms with Crippen molar-refractivity contribution in [3.63, 3.8) is 0 Å². The molecule has 0 aromatic rings. The fourth-order valence-corrected chi connectivity index (χ4v) is 6.96. The number of ether oxygens (including phenoxy) is 1. The van der Waals surface area contributed by atoms with E-state index in [1.807, 2.05) is 0 Å². The first-order chi connectivity index (χ1) is 10.3. The monoisotopic (exact) mass is 304 g/mol. The van der Waals surface area contributed by atoms with Gasteiger partial charge >= 0.3 is 0 Å². The van der Waals surface area contributed by atoms with Gasteiger partial charge in [0.2, 0.25) is 0 Å². The SMILES string of the molecule is C=C[C@]1(C)CC[C@H]2[C@]3(C1)O[C@@H]3CC1[C@@](C)(CO)CCC[C@]12C. The van der Waals surface area contributed by atoms with Gasteiger partial charge in [0, 0.05) is 6.61 Å². The summed E-state index contributed by atoms with van der Waals surface area (Å²) < 4.78 is 6.43. The lowest BCUT2D eigenvalue weighted by Gasteiger charge is -2.60. The highest BCUT2D eigenvalue weighted by molar-refractivity contribution is 5.24. The molecule has 1 spiro atoms. The predicted molar refractivity (Wildman–Crippen MR) is 88.5 cm³/mol. The molecule has 2 heteroatoms. The van der Waals surface area contributed by atoms with Crippen molar-refractivity contribution in [1.82, 2.24) is 0 Å². The van der Waals surface area contributed by atoms with Gasteiger partial charge in [-0.15, -0.1) is 6.58 Å². The van der Waals surface area contributed by atoms with Crippen LogP contribution in [0.5, 0.6) is 0 Å². The quantitative estimate of drug-likeness (QED) is 0.608. The predicted octanol–water partition coefficient (Wildman–Crippen LogP) is 4.33. The van der Waals surface area contributed by atoms with Crippen molar-refractivity contribution < 1.29 is 9.84 Å². The van der Waals surface area contributed by atoms with Gasteiger partial charge in [-0.3, -0.25) is 0 Å². The van der Waals surface area contributed by atoms with Crippen molar-refractivity contribution >= 4 is 0 Å². The number of rotatable bonds is 2. The lowest BCUT2D eigenvalue weighted by atomic mass is 9.43. The summed E-state index contributed by atoms with van der Waals surface area (Å²) in [7, 11) is 0. The zero-order valence-corrected chi connectivity index (χ0v) is 14.5. The van der Waals surface area contributed by atoms with Crippen LogP contribution in [0.15, 0.2) is 12.7 Å². The van der Waals surface area contributed by atoms with Crippen LogP contribution in [0.25, 0.3) is 0 Å². The van der Waals surface area contributed by atoms with Crippen molar-refractivity contribution in [3.05, 3.63) is 12.7 Å². The highest BCUT2D eigenvalue weighted by Crippen LogP contribution is 2.72. The minimum Gasteiger partial charge on any atom is -0.396 e. The molecule has 1 aliphatic heterocycles. The number of aliphatic hydroxyl groups is 1. The molecule has 22 heavy (non-hydrogen) atoms. The average Bonchev–Trinajstić information content (AvgIpc) is 3.17. The molecule has 0 bridgehead atoms. The van der Waals surface area contributed by atoms with Crippen LogP contribution in [0, 0.1) is 28.1 Å². The maximum absolute atomic E-state index is 10.1. The highest BCUT2D eigenvalue weighted by atomic mass is 16.6. The average molecular weight is 304 g/mol. The minimum atomic E-state index is 0.101. The number of aliphatic hydroxyl groups excluding tert-OH is 1. The highest BCUT2D eigenvalue weighted by Gasteiger charge is 2.74. The van der Waals surface area contributed by atoms with Crippen molar-refractivity contribution in [2.24, 2.45) is 28.1 Å². The minimum absolute atomic E-state index is 0.101. The zero-order valence-electron chi connectivity index (χ0n) is 14.5. The second-order valence-electron chi connectivity index (χ2n) is 9.65. The van der Waals surface area contributed by atoms with Gasteiger partial charge in [0.15, 0.2) is 0 Å². The number of fused-ring (bicyclic) bond motifs is 2. The Kier molecular flexibility index (Phi) is 3.03. The van der Waals surface area contributed by atoms with Crippen LogP contribution in [0.4, 0.5) is 0 Å². The fourth-order valence-electron chi connectivity index (χ4n) is 6.96. The molecule has 4 aliphatic rings. The lowest BCUT2D eigenvalue weighted by molar-refractivity contribution is -0.122. The molecule has 0 radical (unpaired) electrons. The number of hydrogen-bond acceptors (Lipinski definition) is 2. The molecule has 1 N–H and O–H groups in total. The van der Waals surface area contributed by atoms with E-state index in [1.54, 1.807) is 0 Å². The molecular weight excluding hydrogens is 272 g/mol. The van der Waals surface area contributed by atoms with Crippen LogP contribution in [-0.4, -0.2) is 23.4 Å². The normalized spacial score (nSPS) is 59.9. The first kappa shape index (κ1) is 15.2. The topological polar surface area (TPSA) is 32.8 Å². The summed E-state index contributed by atoms with van der Waals surface area (Å²) in [5, 5.41) is 10.1. The first-order valence-corrected chi connectivity index (χ1v) is 9.24. The molecule has 1 heterocycles. The Morgan fingerprint density at radius 2 is 1.95 bits per heavy atom. The van der Waals surface area contributed by atoms with Gasteiger partial charge in [0.25, 0.3) is 0 Å². The van der Waals surface area contributed by atoms with Gasteiger partial charge in [-0.25, -0.2) is 0 Å². The van der Waals surface area contributed by atoms with Gasteiger partial charge in [-0.1, -0.05) is 33.3 Å². The van der Waals surface area contributed by atoms with Crippen LogP contribution in [0.2, 0.25) is 0 Å². The maximum atomic E-state index is 10.1. The third kappa shape index (κ3) is 1.74. The summed E-state index contributed by atoms with van der Waals surface area (Å²) in [6.07, 6.45) is 11.2. The molecule has 3 saturated carbocycles. The summed E-state index contributed by atoms with van der Waals surface area (Å²) in [4.78, 5) is 0. The molecular formula is C20H32O2. The van der Waals surface area contributed by atoms with Crippen molar-refractivity contribution in [3.8, 4) is 0 Å². The van der Waals surface area contributed by atoms with Crippen molar-refractivity contribution in [2.45, 2.75) is 77.4 Å². The van der Waals surface area contributed by atoms with E-state index in [4.69, 9.17) is 4.74 Å². The summed E-state index contributed by atoms with van der Waals surface area (Å²) in [5.74, 6) is 1.31. The summed E-state index contributed by atoms with van der Waals surface area (Å²) in [6, 6.07) is 0. The second kappa shape index (κ2) is 4.39. The van der Waals surface area contributed by atoms with E-state index in [2.05, 4.69) is 33.4 Å². The molecule has 3 aliphatic carbocycles. The maximum Gasteiger partial charge on any atom is 0.0989 e. The van der Waals surface area contributed by atoms with Gasteiger partial charge in [0.05, 0.1) is 11.7 Å². The van der Waals surface area contributed by atoms with Crippen LogP contribution in [0.1, 0.15) is 65.7 Å². The molecule has 0 aromatic heterocycles. The standard InChI is InChI=1S/C20H32O2/c1-5-17(2)10-7-14-19(4)9-6-8-18(3,13-21)15(19)11-16-20(14,12-17)22-16/h5,14-16,21H,1,6-13H2,2-4H3/t14-,15?,16-,17-,18-,19+,20+/m1/s1. The van der Waals surface area contributed by atoms with E-state index in [9.17, 15) is 5.11 Å². The second-order valence-corrected chi connectivity index (χ2v) is 9.65. The Morgan fingerprint density at radius 3 is 2.64 bits per heavy atom. The molecule has 0 amide bonds. The Labute approximate surface area is 135 Å². The Morgan fingerprint density at radius 1 is 1.18 bits per heavy atom. The smallest absolute Gasteiger partial charge is 0.0989 e.